The van der Waals surface area contributed by atoms with Gasteiger partial charge in [0.05, 0.1) is 12.2 Å². The minimum atomic E-state index is -0.240. The van der Waals surface area contributed by atoms with Gasteiger partial charge in [0, 0.05) is 13.1 Å². The molecular weight excluding hydrogens is 252 g/mol. The molecule has 4 nitrogen and oxygen atoms in total. The summed E-state index contributed by atoms with van der Waals surface area (Å²) in [6, 6.07) is 0. The first-order valence-electron chi connectivity index (χ1n) is 8.26. The molecule has 0 bridgehead atoms. The van der Waals surface area contributed by atoms with E-state index in [0.717, 1.165) is 25.9 Å². The minimum absolute atomic E-state index is 0.228. The molecule has 0 aliphatic carbocycles. The Kier molecular flexibility index (Phi) is 12.5. The zero-order chi connectivity index (χ0) is 15.4. The van der Waals surface area contributed by atoms with Crippen LogP contribution in [-0.2, 0) is 0 Å². The van der Waals surface area contributed by atoms with Gasteiger partial charge in [-0.3, -0.25) is 0 Å². The SMILES string of the molecule is CCNCC(O)C(C)CCCCCNCC(O)C(C)C. The minimum Gasteiger partial charge on any atom is -0.392 e. The molecule has 122 valence electrons. The molecule has 0 heterocycles. The molecule has 0 aliphatic heterocycles. The molecule has 0 spiro atoms. The fraction of sp³-hybridized carbons (Fsp3) is 1.00. The quantitative estimate of drug-likeness (QED) is 0.390. The van der Waals surface area contributed by atoms with Crippen molar-refractivity contribution < 1.29 is 10.2 Å². The van der Waals surface area contributed by atoms with Crippen molar-refractivity contribution in [1.29, 1.82) is 0 Å². The lowest BCUT2D eigenvalue weighted by atomic mass is 9.97. The first-order valence-corrected chi connectivity index (χ1v) is 8.26. The number of rotatable bonds is 13. The average molecular weight is 288 g/mol. The van der Waals surface area contributed by atoms with Crippen LogP contribution < -0.4 is 10.6 Å². The van der Waals surface area contributed by atoms with Gasteiger partial charge in [0.15, 0.2) is 0 Å². The molecule has 0 radical (unpaired) electrons. The molecule has 0 amide bonds. The molecule has 0 aromatic heterocycles. The molecule has 20 heavy (non-hydrogen) atoms. The van der Waals surface area contributed by atoms with E-state index in [2.05, 4.69) is 24.5 Å². The summed E-state index contributed by atoms with van der Waals surface area (Å²) in [5, 5.41) is 26.0. The summed E-state index contributed by atoms with van der Waals surface area (Å²) >= 11 is 0. The largest absolute Gasteiger partial charge is 0.392 e. The lowest BCUT2D eigenvalue weighted by Gasteiger charge is -2.19. The molecule has 0 rings (SSSR count). The number of likely N-dealkylation sites (N-methyl/N-ethyl adjacent to an activating group) is 1. The third-order valence-corrected chi connectivity index (χ3v) is 3.90. The van der Waals surface area contributed by atoms with Gasteiger partial charge in [0.1, 0.15) is 0 Å². The van der Waals surface area contributed by atoms with E-state index in [-0.39, 0.29) is 12.2 Å². The van der Waals surface area contributed by atoms with Crippen LogP contribution in [0, 0.1) is 11.8 Å². The Labute approximate surface area is 125 Å². The van der Waals surface area contributed by atoms with Crippen molar-refractivity contribution >= 4 is 0 Å². The Balaban J connectivity index is 3.39. The zero-order valence-electron chi connectivity index (χ0n) is 13.9. The molecule has 3 atom stereocenters. The van der Waals surface area contributed by atoms with Gasteiger partial charge in [0.2, 0.25) is 0 Å². The van der Waals surface area contributed by atoms with E-state index in [1.165, 1.54) is 12.8 Å². The van der Waals surface area contributed by atoms with E-state index >= 15 is 0 Å². The number of hydrogen-bond donors (Lipinski definition) is 4. The van der Waals surface area contributed by atoms with Crippen molar-refractivity contribution in [2.75, 3.05) is 26.2 Å². The van der Waals surface area contributed by atoms with E-state index in [1.54, 1.807) is 0 Å². The maximum absolute atomic E-state index is 9.90. The second-order valence-electron chi connectivity index (χ2n) is 6.22. The van der Waals surface area contributed by atoms with E-state index < -0.39 is 0 Å². The van der Waals surface area contributed by atoms with Gasteiger partial charge >= 0.3 is 0 Å². The predicted molar refractivity (Wildman–Crippen MR) is 85.9 cm³/mol. The van der Waals surface area contributed by atoms with Crippen LogP contribution in [0.5, 0.6) is 0 Å². The highest BCUT2D eigenvalue weighted by atomic mass is 16.3. The Morgan fingerprint density at radius 2 is 1.50 bits per heavy atom. The normalized spacial score (nSPS) is 16.4. The number of hydrogen-bond acceptors (Lipinski definition) is 4. The summed E-state index contributed by atoms with van der Waals surface area (Å²) in [5.74, 6) is 0.686. The highest BCUT2D eigenvalue weighted by Crippen LogP contribution is 2.13. The van der Waals surface area contributed by atoms with Crippen LogP contribution in [0.3, 0.4) is 0 Å². The molecule has 3 unspecified atom stereocenters. The Morgan fingerprint density at radius 3 is 2.10 bits per heavy atom. The van der Waals surface area contributed by atoms with Crippen molar-refractivity contribution in [2.45, 2.75) is 65.6 Å². The second-order valence-corrected chi connectivity index (χ2v) is 6.22. The van der Waals surface area contributed by atoms with E-state index in [4.69, 9.17) is 0 Å². The summed E-state index contributed by atoms with van der Waals surface area (Å²) < 4.78 is 0. The highest BCUT2D eigenvalue weighted by Gasteiger charge is 2.12. The van der Waals surface area contributed by atoms with Crippen LogP contribution in [0.2, 0.25) is 0 Å². The number of aliphatic hydroxyl groups is 2. The Hall–Kier alpha value is -0.160. The van der Waals surface area contributed by atoms with Crippen LogP contribution >= 0.6 is 0 Å². The molecule has 0 fully saturated rings. The van der Waals surface area contributed by atoms with Gasteiger partial charge in [-0.1, -0.05) is 40.5 Å². The zero-order valence-corrected chi connectivity index (χ0v) is 13.9. The Bertz CT molecular complexity index is 213. The van der Waals surface area contributed by atoms with E-state index in [9.17, 15) is 10.2 Å². The molecule has 0 aliphatic rings. The molecular formula is C16H36N2O2. The number of unbranched alkanes of at least 4 members (excludes halogenated alkanes) is 2. The van der Waals surface area contributed by atoms with Gasteiger partial charge in [-0.15, -0.1) is 0 Å². The fourth-order valence-electron chi connectivity index (χ4n) is 2.06. The highest BCUT2D eigenvalue weighted by molar-refractivity contribution is 4.67. The summed E-state index contributed by atoms with van der Waals surface area (Å²) in [5.41, 5.74) is 0. The average Bonchev–Trinajstić information content (AvgIpc) is 2.42. The fourth-order valence-corrected chi connectivity index (χ4v) is 2.06. The van der Waals surface area contributed by atoms with Crippen molar-refractivity contribution in [3.8, 4) is 0 Å². The van der Waals surface area contributed by atoms with E-state index in [1.807, 2.05) is 13.8 Å². The maximum Gasteiger partial charge on any atom is 0.0690 e. The topological polar surface area (TPSA) is 64.5 Å². The Morgan fingerprint density at radius 1 is 0.850 bits per heavy atom. The summed E-state index contributed by atoms with van der Waals surface area (Å²) in [7, 11) is 0. The van der Waals surface area contributed by atoms with Gasteiger partial charge in [-0.05, 0) is 37.8 Å². The van der Waals surface area contributed by atoms with Crippen molar-refractivity contribution in [1.82, 2.24) is 10.6 Å². The van der Waals surface area contributed by atoms with Crippen LogP contribution in [0.4, 0.5) is 0 Å². The third-order valence-electron chi connectivity index (χ3n) is 3.90. The molecule has 0 saturated heterocycles. The van der Waals surface area contributed by atoms with Gasteiger partial charge < -0.3 is 20.8 Å². The maximum atomic E-state index is 9.90. The number of nitrogens with one attached hydrogen (secondary N) is 2. The standard InChI is InChI=1S/C16H36N2O2/c1-5-17-12-16(20)14(4)9-7-6-8-10-18-11-15(19)13(2)3/h13-20H,5-12H2,1-4H3. The second kappa shape index (κ2) is 12.6. The summed E-state index contributed by atoms with van der Waals surface area (Å²) in [4.78, 5) is 0. The summed E-state index contributed by atoms with van der Waals surface area (Å²) in [6.45, 7) is 11.5. The van der Waals surface area contributed by atoms with Gasteiger partial charge in [0.25, 0.3) is 0 Å². The monoisotopic (exact) mass is 288 g/mol. The van der Waals surface area contributed by atoms with Crippen molar-refractivity contribution in [2.24, 2.45) is 11.8 Å². The smallest absolute Gasteiger partial charge is 0.0690 e. The van der Waals surface area contributed by atoms with Crippen LogP contribution in [0.25, 0.3) is 0 Å². The van der Waals surface area contributed by atoms with Crippen molar-refractivity contribution in [3.05, 3.63) is 0 Å². The lowest BCUT2D eigenvalue weighted by molar-refractivity contribution is 0.109. The first-order chi connectivity index (χ1) is 9.49. The lowest BCUT2D eigenvalue weighted by Crippen LogP contribution is -2.31. The third kappa shape index (κ3) is 10.6. The van der Waals surface area contributed by atoms with Crippen LogP contribution in [0.15, 0.2) is 0 Å². The van der Waals surface area contributed by atoms with Crippen molar-refractivity contribution in [3.63, 3.8) is 0 Å². The van der Waals surface area contributed by atoms with Gasteiger partial charge in [-0.2, -0.15) is 0 Å². The van der Waals surface area contributed by atoms with E-state index in [0.29, 0.717) is 24.9 Å². The van der Waals surface area contributed by atoms with Gasteiger partial charge in [-0.25, -0.2) is 0 Å². The predicted octanol–water partition coefficient (Wildman–Crippen LogP) is 1.76. The molecule has 4 N–H and O–H groups in total. The molecule has 0 aromatic carbocycles. The van der Waals surface area contributed by atoms with Crippen LogP contribution in [0.1, 0.15) is 53.4 Å². The molecule has 0 saturated carbocycles. The first kappa shape index (κ1) is 19.8. The molecule has 0 aromatic rings. The number of aliphatic hydroxyl groups excluding tert-OH is 2. The summed E-state index contributed by atoms with van der Waals surface area (Å²) in [6.07, 6.45) is 4.11. The molecule has 4 heteroatoms. The van der Waals surface area contributed by atoms with Crippen LogP contribution in [-0.4, -0.2) is 48.6 Å².